The monoisotopic (exact) mass is 391 g/mol. The summed E-state index contributed by atoms with van der Waals surface area (Å²) in [4.78, 5) is 8.00. The number of carbonyl (C=O) groups is 1. The summed E-state index contributed by atoms with van der Waals surface area (Å²) in [5.41, 5.74) is 11.4. The van der Waals surface area contributed by atoms with Crippen molar-refractivity contribution in [3.63, 3.8) is 0 Å². The third kappa shape index (κ3) is 4.96. The van der Waals surface area contributed by atoms with Gasteiger partial charge in [0.05, 0.1) is 6.61 Å². The first kappa shape index (κ1) is 22.0. The molecule has 0 saturated carbocycles. The molecule has 1 aliphatic heterocycles. The maximum absolute atomic E-state index is 9.80. The van der Waals surface area contributed by atoms with Crippen LogP contribution in [0.1, 0.15) is 47.9 Å². The van der Waals surface area contributed by atoms with E-state index in [2.05, 4.69) is 43.3 Å². The van der Waals surface area contributed by atoms with E-state index in [0.717, 1.165) is 17.0 Å². The van der Waals surface area contributed by atoms with E-state index in [1.165, 1.54) is 16.7 Å². The average Bonchev–Trinajstić information content (AvgIpc) is 2.76. The Morgan fingerprint density at radius 1 is 0.966 bits per heavy atom. The smallest absolute Gasteiger partial charge is 0.126 e. The molecule has 1 heterocycles. The number of benzene rings is 3. The third-order valence-corrected chi connectivity index (χ3v) is 4.92. The van der Waals surface area contributed by atoms with Gasteiger partial charge in [0.2, 0.25) is 0 Å². The Kier molecular flexibility index (Phi) is 7.84. The van der Waals surface area contributed by atoms with E-state index >= 15 is 0 Å². The Bertz CT molecular complexity index is 922. The predicted octanol–water partition coefficient (Wildman–Crippen LogP) is 5.43. The van der Waals surface area contributed by atoms with Crippen LogP contribution in [-0.2, 0) is 4.79 Å². The number of aromatic hydroxyl groups is 1. The molecule has 3 aromatic rings. The highest BCUT2D eigenvalue weighted by atomic mass is 16.5. The molecule has 0 bridgehead atoms. The normalized spacial score (nSPS) is 16.8. The second-order valence-corrected chi connectivity index (χ2v) is 6.70. The minimum Gasteiger partial charge on any atom is -0.508 e. The summed E-state index contributed by atoms with van der Waals surface area (Å²) in [5, 5.41) is 9.80. The second-order valence-electron chi connectivity index (χ2n) is 6.70. The number of rotatable bonds is 2. The minimum atomic E-state index is 0.159. The van der Waals surface area contributed by atoms with E-state index in [4.69, 9.17) is 15.3 Å². The molecule has 0 aliphatic carbocycles. The number of phenols is 1. The van der Waals surface area contributed by atoms with Gasteiger partial charge < -0.3 is 20.4 Å². The summed E-state index contributed by atoms with van der Waals surface area (Å²) in [6, 6.07) is 22.0. The lowest BCUT2D eigenvalue weighted by atomic mass is 9.75. The van der Waals surface area contributed by atoms with E-state index < -0.39 is 0 Å². The zero-order valence-electron chi connectivity index (χ0n) is 17.3. The molecular weight excluding hydrogens is 362 g/mol. The van der Waals surface area contributed by atoms with E-state index in [0.29, 0.717) is 6.61 Å². The Hall–Kier alpha value is -3.27. The Labute approximate surface area is 173 Å². The molecule has 0 fully saturated rings. The van der Waals surface area contributed by atoms with Gasteiger partial charge in [-0.05, 0) is 36.2 Å². The van der Waals surface area contributed by atoms with Gasteiger partial charge in [0.15, 0.2) is 0 Å². The van der Waals surface area contributed by atoms with Gasteiger partial charge in [-0.2, -0.15) is 0 Å². The van der Waals surface area contributed by atoms with Crippen molar-refractivity contribution in [1.29, 1.82) is 0 Å². The Morgan fingerprint density at radius 3 is 2.31 bits per heavy atom. The molecule has 3 N–H and O–H groups in total. The topological polar surface area (TPSA) is 72.5 Å². The molecule has 3 aromatic carbocycles. The largest absolute Gasteiger partial charge is 0.508 e. The molecule has 0 amide bonds. The number of phenolic OH excluding ortho intramolecular Hbond substituents is 1. The molecule has 4 heteroatoms. The van der Waals surface area contributed by atoms with Gasteiger partial charge in [0, 0.05) is 29.2 Å². The molecule has 0 saturated heterocycles. The van der Waals surface area contributed by atoms with Crippen LogP contribution in [0.5, 0.6) is 11.5 Å². The zero-order valence-corrected chi connectivity index (χ0v) is 17.3. The summed E-state index contributed by atoms with van der Waals surface area (Å²) in [6.07, 6.45) is 0. The van der Waals surface area contributed by atoms with E-state index in [9.17, 15) is 5.11 Å². The average molecular weight is 392 g/mol. The van der Waals surface area contributed by atoms with Crippen LogP contribution in [0.4, 0.5) is 5.69 Å². The van der Waals surface area contributed by atoms with Gasteiger partial charge in [-0.25, -0.2) is 0 Å². The number of hydrogen-bond acceptors (Lipinski definition) is 4. The second kappa shape index (κ2) is 10.3. The first-order chi connectivity index (χ1) is 14.1. The lowest BCUT2D eigenvalue weighted by Gasteiger charge is -2.34. The van der Waals surface area contributed by atoms with Crippen molar-refractivity contribution in [3.05, 3.63) is 89.0 Å². The number of carbonyl (C=O) groups excluding carboxylic acids is 1. The SMILES string of the molecule is C=O.CC.Cc1cccc(C2COc3cc(O)ccc3C2c2ccc(N)cc2)c1. The quantitative estimate of drug-likeness (QED) is 0.571. The Balaban J connectivity index is 0.000000707. The maximum atomic E-state index is 9.80. The van der Waals surface area contributed by atoms with Crippen LogP contribution in [0.3, 0.4) is 0 Å². The number of aryl methyl sites for hydroxylation is 1. The number of nitrogen functional groups attached to an aromatic ring is 1. The molecule has 1 aliphatic rings. The number of ether oxygens (including phenoxy) is 1. The van der Waals surface area contributed by atoms with Crippen LogP contribution in [-0.4, -0.2) is 18.5 Å². The van der Waals surface area contributed by atoms with Crippen LogP contribution in [0, 0.1) is 6.92 Å². The van der Waals surface area contributed by atoms with Gasteiger partial charge in [-0.3, -0.25) is 0 Å². The molecule has 4 rings (SSSR count). The van der Waals surface area contributed by atoms with Crippen LogP contribution >= 0.6 is 0 Å². The lowest BCUT2D eigenvalue weighted by molar-refractivity contribution is -0.0979. The fourth-order valence-corrected chi connectivity index (χ4v) is 3.70. The highest BCUT2D eigenvalue weighted by Crippen LogP contribution is 2.47. The van der Waals surface area contributed by atoms with Crippen molar-refractivity contribution in [1.82, 2.24) is 0 Å². The third-order valence-electron chi connectivity index (χ3n) is 4.92. The maximum Gasteiger partial charge on any atom is 0.126 e. The molecule has 2 atom stereocenters. The first-order valence-corrected chi connectivity index (χ1v) is 9.78. The molecule has 0 aromatic heterocycles. The zero-order chi connectivity index (χ0) is 21.4. The van der Waals surface area contributed by atoms with Crippen molar-refractivity contribution < 1.29 is 14.6 Å². The summed E-state index contributed by atoms with van der Waals surface area (Å²) >= 11 is 0. The van der Waals surface area contributed by atoms with Gasteiger partial charge in [-0.1, -0.05) is 61.9 Å². The number of anilines is 1. The lowest BCUT2D eigenvalue weighted by Crippen LogP contribution is -2.25. The minimum absolute atomic E-state index is 0.159. The fraction of sp³-hybridized carbons (Fsp3) is 0.240. The number of fused-ring (bicyclic) bond motifs is 1. The van der Waals surface area contributed by atoms with E-state index in [-0.39, 0.29) is 17.6 Å². The van der Waals surface area contributed by atoms with Crippen LogP contribution < -0.4 is 10.5 Å². The van der Waals surface area contributed by atoms with E-state index in [1.807, 2.05) is 38.8 Å². The van der Waals surface area contributed by atoms with Crippen molar-refractivity contribution in [2.75, 3.05) is 12.3 Å². The number of nitrogens with two attached hydrogens (primary N) is 1. The highest BCUT2D eigenvalue weighted by Gasteiger charge is 2.33. The molecular formula is C25H29NO3. The van der Waals surface area contributed by atoms with E-state index in [1.54, 1.807) is 12.1 Å². The summed E-state index contributed by atoms with van der Waals surface area (Å²) < 4.78 is 6.00. The van der Waals surface area contributed by atoms with Gasteiger partial charge in [-0.15, -0.1) is 0 Å². The highest BCUT2D eigenvalue weighted by molar-refractivity contribution is 5.52. The first-order valence-electron chi connectivity index (χ1n) is 9.78. The Morgan fingerprint density at radius 2 is 1.66 bits per heavy atom. The van der Waals surface area contributed by atoms with Gasteiger partial charge in [0.1, 0.15) is 18.3 Å². The summed E-state index contributed by atoms with van der Waals surface area (Å²) in [6.45, 7) is 8.69. The van der Waals surface area contributed by atoms with Crippen molar-refractivity contribution in [2.45, 2.75) is 32.6 Å². The molecule has 0 spiro atoms. The standard InChI is InChI=1S/C22H21NO2.C2H6.CH2O/c1-14-3-2-4-16(11-14)20-13-25-21-12-18(24)9-10-19(21)22(20)15-5-7-17(23)8-6-15;2*1-2/h2-12,20,22,24H,13,23H2,1H3;1-2H3;1H2. The summed E-state index contributed by atoms with van der Waals surface area (Å²) in [5.74, 6) is 1.35. The molecule has 0 radical (unpaired) electrons. The molecule has 152 valence electrons. The summed E-state index contributed by atoms with van der Waals surface area (Å²) in [7, 11) is 0. The van der Waals surface area contributed by atoms with Crippen LogP contribution in [0.25, 0.3) is 0 Å². The van der Waals surface area contributed by atoms with Crippen molar-refractivity contribution >= 4 is 12.5 Å². The number of hydrogen-bond donors (Lipinski definition) is 2. The fourth-order valence-electron chi connectivity index (χ4n) is 3.70. The van der Waals surface area contributed by atoms with Crippen molar-refractivity contribution in [2.24, 2.45) is 0 Å². The van der Waals surface area contributed by atoms with Crippen LogP contribution in [0.2, 0.25) is 0 Å². The molecule has 2 unspecified atom stereocenters. The molecule has 29 heavy (non-hydrogen) atoms. The predicted molar refractivity (Wildman–Crippen MR) is 119 cm³/mol. The van der Waals surface area contributed by atoms with Gasteiger partial charge in [0.25, 0.3) is 0 Å². The molecule has 4 nitrogen and oxygen atoms in total. The van der Waals surface area contributed by atoms with Crippen molar-refractivity contribution in [3.8, 4) is 11.5 Å². The van der Waals surface area contributed by atoms with Gasteiger partial charge >= 0.3 is 0 Å². The van der Waals surface area contributed by atoms with Crippen LogP contribution in [0.15, 0.2) is 66.7 Å².